The van der Waals surface area contributed by atoms with Crippen molar-refractivity contribution in [2.45, 2.75) is 19.8 Å². The Bertz CT molecular complexity index is 678. The first-order valence-electron chi connectivity index (χ1n) is 6.40. The van der Waals surface area contributed by atoms with Crippen LogP contribution in [0.1, 0.15) is 0 Å². The second kappa shape index (κ2) is 7.38. The molecule has 0 atom stereocenters. The highest BCUT2D eigenvalue weighted by Gasteiger charge is 2.03. The molecule has 0 amide bonds. The summed E-state index contributed by atoms with van der Waals surface area (Å²) >= 11 is 14.9. The first kappa shape index (κ1) is 15.7. The lowest BCUT2D eigenvalue weighted by molar-refractivity contribution is 0.854. The summed E-state index contributed by atoms with van der Waals surface area (Å²) in [6.45, 7) is 0. The number of hydrogen-bond acceptors (Lipinski definition) is 4. The van der Waals surface area contributed by atoms with Gasteiger partial charge in [0, 0.05) is 19.8 Å². The van der Waals surface area contributed by atoms with E-state index in [4.69, 9.17) is 23.2 Å². The van der Waals surface area contributed by atoms with E-state index in [1.807, 2.05) is 60.7 Å². The van der Waals surface area contributed by atoms with E-state index in [0.29, 0.717) is 0 Å². The fourth-order valence-electron chi connectivity index (χ4n) is 1.66. The molecule has 0 N–H and O–H groups in total. The van der Waals surface area contributed by atoms with Gasteiger partial charge in [-0.05, 0) is 60.7 Å². The van der Waals surface area contributed by atoms with Crippen LogP contribution in [-0.2, 0) is 0 Å². The van der Waals surface area contributed by atoms with Crippen LogP contribution < -0.4 is 0 Å². The van der Waals surface area contributed by atoms with Crippen LogP contribution in [0.3, 0.4) is 0 Å². The van der Waals surface area contributed by atoms with Crippen LogP contribution in [0.4, 0.5) is 0 Å². The molecule has 0 bridgehead atoms. The smallest absolute Gasteiger partial charge is 0.124 e. The molecule has 1 aromatic heterocycles. The molecule has 1 heterocycles. The third kappa shape index (κ3) is 4.40. The summed E-state index contributed by atoms with van der Waals surface area (Å²) in [6, 6.07) is 19.2. The van der Waals surface area contributed by atoms with E-state index in [2.05, 4.69) is 10.2 Å². The van der Waals surface area contributed by atoms with E-state index in [1.165, 1.54) is 0 Å². The zero-order chi connectivity index (χ0) is 15.4. The van der Waals surface area contributed by atoms with Crippen molar-refractivity contribution in [1.82, 2.24) is 10.2 Å². The summed E-state index contributed by atoms with van der Waals surface area (Å²) in [4.78, 5) is 2.16. The maximum Gasteiger partial charge on any atom is 0.124 e. The normalized spacial score (nSPS) is 10.6. The van der Waals surface area contributed by atoms with Crippen LogP contribution in [0, 0.1) is 0 Å². The van der Waals surface area contributed by atoms with Gasteiger partial charge in [0.15, 0.2) is 0 Å². The van der Waals surface area contributed by atoms with Gasteiger partial charge in [-0.3, -0.25) is 0 Å². The van der Waals surface area contributed by atoms with Crippen LogP contribution >= 0.6 is 46.7 Å². The van der Waals surface area contributed by atoms with Gasteiger partial charge in [0.1, 0.15) is 10.1 Å². The van der Waals surface area contributed by atoms with Crippen molar-refractivity contribution in [2.75, 3.05) is 0 Å². The average molecular weight is 365 g/mol. The maximum atomic E-state index is 5.87. The molecule has 0 aliphatic carbocycles. The fraction of sp³-hybridized carbons (Fsp3) is 0. The molecule has 2 nitrogen and oxygen atoms in total. The summed E-state index contributed by atoms with van der Waals surface area (Å²) < 4.78 is 0. The zero-order valence-corrected chi connectivity index (χ0v) is 14.4. The van der Waals surface area contributed by atoms with Crippen LogP contribution in [0.2, 0.25) is 10.0 Å². The van der Waals surface area contributed by atoms with Gasteiger partial charge in [-0.1, -0.05) is 46.7 Å². The number of rotatable bonds is 4. The van der Waals surface area contributed by atoms with Crippen molar-refractivity contribution in [3.63, 3.8) is 0 Å². The van der Waals surface area contributed by atoms with Crippen LogP contribution in [0.5, 0.6) is 0 Å². The van der Waals surface area contributed by atoms with Gasteiger partial charge in [0.05, 0.1) is 0 Å². The molecular weight excluding hydrogens is 355 g/mol. The molecule has 0 fully saturated rings. The Morgan fingerprint density at radius 1 is 0.545 bits per heavy atom. The molecule has 6 heteroatoms. The van der Waals surface area contributed by atoms with Crippen LogP contribution in [-0.4, -0.2) is 10.2 Å². The van der Waals surface area contributed by atoms with Crippen molar-refractivity contribution in [2.24, 2.45) is 0 Å². The van der Waals surface area contributed by atoms with E-state index >= 15 is 0 Å². The summed E-state index contributed by atoms with van der Waals surface area (Å²) in [5.41, 5.74) is 0. The summed E-state index contributed by atoms with van der Waals surface area (Å²) in [5.74, 6) is 0. The Balaban J connectivity index is 1.67. The topological polar surface area (TPSA) is 25.8 Å². The third-order valence-corrected chi connectivity index (χ3v) is 5.06. The molecule has 2 aromatic carbocycles. The number of nitrogens with zero attached hydrogens (tertiary/aromatic N) is 2. The quantitative estimate of drug-likeness (QED) is 0.559. The van der Waals surface area contributed by atoms with Crippen molar-refractivity contribution in [3.8, 4) is 0 Å². The minimum absolute atomic E-state index is 0.727. The standard InChI is InChI=1S/C16H10Cl2N2S2/c17-11-1-5-13(6-2-11)21-15-9-10-16(20-19-15)22-14-7-3-12(18)4-8-14/h1-10H. The van der Waals surface area contributed by atoms with Crippen molar-refractivity contribution in [3.05, 3.63) is 70.7 Å². The van der Waals surface area contributed by atoms with Gasteiger partial charge in [0.2, 0.25) is 0 Å². The molecule has 0 unspecified atom stereocenters. The Labute approximate surface area is 147 Å². The fourth-order valence-corrected chi connectivity index (χ4v) is 3.38. The minimum Gasteiger partial charge on any atom is -0.143 e. The molecule has 0 aliphatic rings. The Morgan fingerprint density at radius 2 is 0.909 bits per heavy atom. The van der Waals surface area contributed by atoms with E-state index in [-0.39, 0.29) is 0 Å². The molecule has 3 rings (SSSR count). The van der Waals surface area contributed by atoms with E-state index in [9.17, 15) is 0 Å². The molecule has 0 saturated carbocycles. The summed E-state index contributed by atoms with van der Waals surface area (Å²) in [5, 5.41) is 11.6. The van der Waals surface area contributed by atoms with E-state index in [0.717, 1.165) is 29.9 Å². The molecule has 22 heavy (non-hydrogen) atoms. The molecule has 3 aromatic rings. The lowest BCUT2D eigenvalue weighted by Gasteiger charge is -2.03. The van der Waals surface area contributed by atoms with Gasteiger partial charge >= 0.3 is 0 Å². The molecular formula is C16H10Cl2N2S2. The van der Waals surface area contributed by atoms with Crippen molar-refractivity contribution in [1.29, 1.82) is 0 Å². The monoisotopic (exact) mass is 364 g/mol. The Hall–Kier alpha value is -1.20. The van der Waals surface area contributed by atoms with Crippen molar-refractivity contribution < 1.29 is 0 Å². The second-order valence-electron chi connectivity index (χ2n) is 4.32. The predicted octanol–water partition coefficient (Wildman–Crippen LogP) is 6.09. The molecule has 110 valence electrons. The zero-order valence-electron chi connectivity index (χ0n) is 11.2. The number of halogens is 2. The van der Waals surface area contributed by atoms with E-state index in [1.54, 1.807) is 23.5 Å². The molecule has 0 saturated heterocycles. The average Bonchev–Trinajstić information content (AvgIpc) is 2.54. The molecule has 0 radical (unpaired) electrons. The summed E-state index contributed by atoms with van der Waals surface area (Å²) in [6.07, 6.45) is 0. The third-order valence-electron chi connectivity index (χ3n) is 2.69. The predicted molar refractivity (Wildman–Crippen MR) is 93.2 cm³/mol. The van der Waals surface area contributed by atoms with E-state index < -0.39 is 0 Å². The van der Waals surface area contributed by atoms with Gasteiger partial charge < -0.3 is 0 Å². The van der Waals surface area contributed by atoms with Gasteiger partial charge in [-0.15, -0.1) is 10.2 Å². The highest BCUT2D eigenvalue weighted by molar-refractivity contribution is 7.99. The first-order valence-corrected chi connectivity index (χ1v) is 8.78. The van der Waals surface area contributed by atoms with Crippen LogP contribution in [0.15, 0.2) is 80.5 Å². The minimum atomic E-state index is 0.727. The molecule has 0 aliphatic heterocycles. The van der Waals surface area contributed by atoms with Gasteiger partial charge in [-0.25, -0.2) is 0 Å². The lowest BCUT2D eigenvalue weighted by Crippen LogP contribution is -1.87. The number of aromatic nitrogens is 2. The van der Waals surface area contributed by atoms with Gasteiger partial charge in [0.25, 0.3) is 0 Å². The first-order chi connectivity index (χ1) is 10.7. The largest absolute Gasteiger partial charge is 0.143 e. The van der Waals surface area contributed by atoms with Crippen molar-refractivity contribution >= 4 is 46.7 Å². The number of hydrogen-bond donors (Lipinski definition) is 0. The lowest BCUT2D eigenvalue weighted by atomic mass is 10.4. The Kier molecular flexibility index (Phi) is 5.26. The summed E-state index contributed by atoms with van der Waals surface area (Å²) in [7, 11) is 0. The highest BCUT2D eigenvalue weighted by Crippen LogP contribution is 2.30. The Morgan fingerprint density at radius 3 is 1.23 bits per heavy atom. The number of benzene rings is 2. The molecule has 0 spiro atoms. The maximum absolute atomic E-state index is 5.87. The van der Waals surface area contributed by atoms with Crippen LogP contribution in [0.25, 0.3) is 0 Å². The van der Waals surface area contributed by atoms with Gasteiger partial charge in [-0.2, -0.15) is 0 Å². The SMILES string of the molecule is Clc1ccc(Sc2ccc(Sc3ccc(Cl)cc3)nn2)cc1. The second-order valence-corrected chi connectivity index (χ2v) is 7.38. The highest BCUT2D eigenvalue weighted by atomic mass is 35.5.